The van der Waals surface area contributed by atoms with E-state index in [2.05, 4.69) is 23.5 Å². The average molecular weight is 249 g/mol. The maximum Gasteiger partial charge on any atom is 0.119 e. The van der Waals surface area contributed by atoms with E-state index in [1.807, 2.05) is 13.1 Å². The van der Waals surface area contributed by atoms with Gasteiger partial charge in [-0.3, -0.25) is 0 Å². The molecule has 0 amide bonds. The molecular formula is C15H23NO2. The topological polar surface area (TPSA) is 41.5 Å². The maximum atomic E-state index is 9.71. The summed E-state index contributed by atoms with van der Waals surface area (Å²) in [5.74, 6) is 0.911. The number of methoxy groups -OCH3 is 1. The van der Waals surface area contributed by atoms with Gasteiger partial charge in [0.25, 0.3) is 0 Å². The van der Waals surface area contributed by atoms with Gasteiger partial charge >= 0.3 is 0 Å². The van der Waals surface area contributed by atoms with Crippen LogP contribution in [0.25, 0.3) is 0 Å². The molecule has 0 unspecified atom stereocenters. The molecule has 1 fully saturated rings. The molecule has 0 heterocycles. The third kappa shape index (κ3) is 2.68. The van der Waals surface area contributed by atoms with Gasteiger partial charge in [-0.05, 0) is 50.4 Å². The standard InChI is InChI=1S/C15H23NO2/c1-16-11-15(8-6-13(17)7-9-15)12-4-3-5-14(10-12)18-2/h3-5,10,13,16-17H,6-9,11H2,1-2H3. The van der Waals surface area contributed by atoms with Gasteiger partial charge in [-0.25, -0.2) is 0 Å². The normalized spacial score (nSPS) is 28.1. The molecule has 2 rings (SSSR count). The van der Waals surface area contributed by atoms with Crippen LogP contribution in [-0.4, -0.2) is 31.9 Å². The Morgan fingerprint density at radius 1 is 1.39 bits per heavy atom. The highest BCUT2D eigenvalue weighted by atomic mass is 16.5. The van der Waals surface area contributed by atoms with Crippen LogP contribution in [-0.2, 0) is 5.41 Å². The average Bonchev–Trinajstić information content (AvgIpc) is 2.42. The Kier molecular flexibility index (Phi) is 4.25. The first-order valence-electron chi connectivity index (χ1n) is 6.67. The minimum atomic E-state index is -0.124. The first-order chi connectivity index (χ1) is 8.70. The Bertz CT molecular complexity index is 384. The highest BCUT2D eigenvalue weighted by molar-refractivity contribution is 5.34. The predicted octanol–water partition coefficient (Wildman–Crippen LogP) is 2.09. The van der Waals surface area contributed by atoms with Gasteiger partial charge in [0.2, 0.25) is 0 Å². The summed E-state index contributed by atoms with van der Waals surface area (Å²) in [6, 6.07) is 8.34. The van der Waals surface area contributed by atoms with E-state index in [4.69, 9.17) is 4.74 Å². The van der Waals surface area contributed by atoms with Crippen LogP contribution in [0.3, 0.4) is 0 Å². The highest BCUT2D eigenvalue weighted by Crippen LogP contribution is 2.40. The summed E-state index contributed by atoms with van der Waals surface area (Å²) < 4.78 is 5.32. The Balaban J connectivity index is 2.28. The fourth-order valence-corrected chi connectivity index (χ4v) is 3.01. The highest BCUT2D eigenvalue weighted by Gasteiger charge is 2.36. The van der Waals surface area contributed by atoms with Gasteiger partial charge in [0.1, 0.15) is 5.75 Å². The van der Waals surface area contributed by atoms with Crippen molar-refractivity contribution in [3.05, 3.63) is 29.8 Å². The van der Waals surface area contributed by atoms with Gasteiger partial charge in [-0.2, -0.15) is 0 Å². The summed E-state index contributed by atoms with van der Waals surface area (Å²) in [7, 11) is 3.70. The van der Waals surface area contributed by atoms with Crippen LogP contribution >= 0.6 is 0 Å². The molecule has 2 N–H and O–H groups in total. The minimum Gasteiger partial charge on any atom is -0.497 e. The van der Waals surface area contributed by atoms with E-state index in [0.717, 1.165) is 38.0 Å². The smallest absolute Gasteiger partial charge is 0.119 e. The van der Waals surface area contributed by atoms with Crippen LogP contribution in [0.5, 0.6) is 5.75 Å². The molecule has 3 heteroatoms. The molecule has 0 spiro atoms. The molecule has 0 aromatic heterocycles. The Labute approximate surface area is 109 Å². The van der Waals surface area contributed by atoms with Crippen molar-refractivity contribution in [3.63, 3.8) is 0 Å². The first kappa shape index (κ1) is 13.4. The number of aliphatic hydroxyl groups excluding tert-OH is 1. The molecule has 0 aliphatic heterocycles. The lowest BCUT2D eigenvalue weighted by atomic mass is 9.68. The first-order valence-corrected chi connectivity index (χ1v) is 6.67. The zero-order valence-electron chi connectivity index (χ0n) is 11.3. The van der Waals surface area contributed by atoms with Gasteiger partial charge in [-0.15, -0.1) is 0 Å². The molecule has 1 saturated carbocycles. The van der Waals surface area contributed by atoms with Crippen LogP contribution in [0.15, 0.2) is 24.3 Å². The number of aliphatic hydroxyl groups is 1. The third-order valence-electron chi connectivity index (χ3n) is 4.11. The summed E-state index contributed by atoms with van der Waals surface area (Å²) in [5.41, 5.74) is 1.46. The molecule has 100 valence electrons. The molecule has 3 nitrogen and oxygen atoms in total. The molecule has 1 aromatic carbocycles. The second-order valence-electron chi connectivity index (χ2n) is 5.27. The van der Waals surface area contributed by atoms with Crippen molar-refractivity contribution in [2.75, 3.05) is 20.7 Å². The Hall–Kier alpha value is -1.06. The quantitative estimate of drug-likeness (QED) is 0.858. The lowest BCUT2D eigenvalue weighted by Gasteiger charge is -2.39. The molecule has 0 radical (unpaired) electrons. The van der Waals surface area contributed by atoms with Crippen LogP contribution in [0, 0.1) is 0 Å². The lowest BCUT2D eigenvalue weighted by molar-refractivity contribution is 0.0951. The van der Waals surface area contributed by atoms with Crippen molar-refractivity contribution in [1.82, 2.24) is 5.32 Å². The molecule has 1 aliphatic rings. The number of rotatable bonds is 4. The van der Waals surface area contributed by atoms with E-state index < -0.39 is 0 Å². The largest absolute Gasteiger partial charge is 0.497 e. The molecule has 18 heavy (non-hydrogen) atoms. The van der Waals surface area contributed by atoms with Crippen molar-refractivity contribution in [2.24, 2.45) is 0 Å². The van der Waals surface area contributed by atoms with E-state index >= 15 is 0 Å². The molecule has 0 atom stereocenters. The van der Waals surface area contributed by atoms with Crippen molar-refractivity contribution in [2.45, 2.75) is 37.2 Å². The second kappa shape index (κ2) is 5.72. The number of ether oxygens (including phenoxy) is 1. The summed E-state index contributed by atoms with van der Waals surface area (Å²) >= 11 is 0. The van der Waals surface area contributed by atoms with Gasteiger partial charge in [0.05, 0.1) is 13.2 Å². The summed E-state index contributed by atoms with van der Waals surface area (Å²) in [6.45, 7) is 0.951. The molecule has 1 aromatic rings. The van der Waals surface area contributed by atoms with Crippen LogP contribution in [0.1, 0.15) is 31.2 Å². The zero-order chi connectivity index (χ0) is 13.0. The summed E-state index contributed by atoms with van der Waals surface area (Å²) in [5, 5.41) is 13.0. The predicted molar refractivity (Wildman–Crippen MR) is 73.1 cm³/mol. The SMILES string of the molecule is CNCC1(c2cccc(OC)c2)CCC(O)CC1. The Morgan fingerprint density at radius 3 is 2.72 bits per heavy atom. The summed E-state index contributed by atoms with van der Waals surface area (Å²) in [4.78, 5) is 0. The van der Waals surface area contributed by atoms with Crippen LogP contribution < -0.4 is 10.1 Å². The number of hydrogen-bond donors (Lipinski definition) is 2. The maximum absolute atomic E-state index is 9.71. The van der Waals surface area contributed by atoms with Crippen molar-refractivity contribution < 1.29 is 9.84 Å². The number of nitrogens with one attached hydrogen (secondary N) is 1. The van der Waals surface area contributed by atoms with Crippen molar-refractivity contribution >= 4 is 0 Å². The fraction of sp³-hybridized carbons (Fsp3) is 0.600. The molecular weight excluding hydrogens is 226 g/mol. The van der Waals surface area contributed by atoms with E-state index in [1.54, 1.807) is 7.11 Å². The van der Waals surface area contributed by atoms with Gasteiger partial charge in [-0.1, -0.05) is 12.1 Å². The van der Waals surface area contributed by atoms with E-state index in [1.165, 1.54) is 5.56 Å². The number of likely N-dealkylation sites (N-methyl/N-ethyl adjacent to an activating group) is 1. The third-order valence-corrected chi connectivity index (χ3v) is 4.11. The monoisotopic (exact) mass is 249 g/mol. The van der Waals surface area contributed by atoms with Gasteiger partial charge in [0, 0.05) is 12.0 Å². The number of benzene rings is 1. The fourth-order valence-electron chi connectivity index (χ4n) is 3.01. The van der Waals surface area contributed by atoms with Crippen molar-refractivity contribution in [1.29, 1.82) is 0 Å². The van der Waals surface area contributed by atoms with E-state index in [-0.39, 0.29) is 11.5 Å². The van der Waals surface area contributed by atoms with E-state index in [9.17, 15) is 5.11 Å². The molecule has 0 saturated heterocycles. The Morgan fingerprint density at radius 2 is 2.11 bits per heavy atom. The summed E-state index contributed by atoms with van der Waals surface area (Å²) in [6.07, 6.45) is 3.71. The van der Waals surface area contributed by atoms with Crippen LogP contribution in [0.4, 0.5) is 0 Å². The second-order valence-corrected chi connectivity index (χ2v) is 5.27. The van der Waals surface area contributed by atoms with Gasteiger partial charge in [0.15, 0.2) is 0 Å². The number of hydrogen-bond acceptors (Lipinski definition) is 3. The molecule has 0 bridgehead atoms. The molecule has 1 aliphatic carbocycles. The van der Waals surface area contributed by atoms with Crippen molar-refractivity contribution in [3.8, 4) is 5.75 Å². The van der Waals surface area contributed by atoms with E-state index in [0.29, 0.717) is 0 Å². The van der Waals surface area contributed by atoms with Gasteiger partial charge < -0.3 is 15.2 Å². The zero-order valence-corrected chi connectivity index (χ0v) is 11.3. The minimum absolute atomic E-state index is 0.124. The van der Waals surface area contributed by atoms with Crippen LogP contribution in [0.2, 0.25) is 0 Å². The lowest BCUT2D eigenvalue weighted by Crippen LogP contribution is -2.41.